The topological polar surface area (TPSA) is 3.24 Å². The molecule has 0 unspecified atom stereocenters. The maximum Gasteiger partial charge on any atom is 0.0624 e. The molecule has 248 valence electrons. The van der Waals surface area contributed by atoms with Gasteiger partial charge >= 0.3 is 0 Å². The molecule has 0 aliphatic heterocycles. The van der Waals surface area contributed by atoms with E-state index in [1.54, 1.807) is 0 Å². The molecule has 10 aromatic carbocycles. The summed E-state index contributed by atoms with van der Waals surface area (Å²) in [4.78, 5) is 2.50. The molecule has 0 aliphatic carbocycles. The highest BCUT2D eigenvalue weighted by Crippen LogP contribution is 2.50. The number of hydrogen-bond acceptors (Lipinski definition) is 1. The standard InChI is InChI=1S/C52H35N/c1-2-14-36(15-3-1)41-20-12-22-45(34-41)53(46-23-13-21-42(35-46)43-30-28-37-16-4-6-18-39(37)32-43)52-50-27-11-9-25-48(50)47-24-8-10-26-49(47)51(52)44-31-29-38-17-5-7-19-40(38)33-44/h1-35H. The van der Waals surface area contributed by atoms with E-state index in [1.165, 1.54) is 76.5 Å². The van der Waals surface area contributed by atoms with Gasteiger partial charge in [0, 0.05) is 22.3 Å². The lowest BCUT2D eigenvalue weighted by Gasteiger charge is -2.31. The first-order valence-electron chi connectivity index (χ1n) is 18.3. The summed E-state index contributed by atoms with van der Waals surface area (Å²) in [5, 5.41) is 9.86. The number of anilines is 3. The zero-order valence-electron chi connectivity index (χ0n) is 29.2. The Morgan fingerprint density at radius 2 is 0.679 bits per heavy atom. The van der Waals surface area contributed by atoms with Crippen LogP contribution >= 0.6 is 0 Å². The number of hydrogen-bond donors (Lipinski definition) is 0. The smallest absolute Gasteiger partial charge is 0.0624 e. The van der Waals surface area contributed by atoms with Gasteiger partial charge in [-0.3, -0.25) is 0 Å². The average molecular weight is 674 g/mol. The highest BCUT2D eigenvalue weighted by molar-refractivity contribution is 6.22. The quantitative estimate of drug-likeness (QED) is 0.159. The van der Waals surface area contributed by atoms with E-state index in [2.05, 4.69) is 217 Å². The third-order valence-electron chi connectivity index (χ3n) is 10.6. The van der Waals surface area contributed by atoms with Crippen molar-refractivity contribution in [1.82, 2.24) is 0 Å². The summed E-state index contributed by atoms with van der Waals surface area (Å²) in [6, 6.07) is 77.5. The van der Waals surface area contributed by atoms with Crippen LogP contribution in [0, 0.1) is 0 Å². The van der Waals surface area contributed by atoms with Crippen molar-refractivity contribution < 1.29 is 0 Å². The molecule has 0 bridgehead atoms. The molecule has 1 heteroatoms. The predicted octanol–water partition coefficient (Wildman–Crippen LogP) is 14.8. The van der Waals surface area contributed by atoms with E-state index in [-0.39, 0.29) is 0 Å². The maximum atomic E-state index is 2.50. The summed E-state index contributed by atoms with van der Waals surface area (Å²) < 4.78 is 0. The number of rotatable bonds is 6. The molecule has 10 aromatic rings. The molecular weight excluding hydrogens is 639 g/mol. The molecule has 0 atom stereocenters. The SMILES string of the molecule is c1ccc(-c2cccc(N(c3cccc(-c4ccc5ccccc5c4)c3)c3c(-c4ccc5ccccc5c4)c4ccccc4c4ccccc34)c2)cc1. The summed E-state index contributed by atoms with van der Waals surface area (Å²) >= 11 is 0. The molecule has 0 saturated carbocycles. The van der Waals surface area contributed by atoms with E-state index in [0.717, 1.165) is 17.1 Å². The van der Waals surface area contributed by atoms with Crippen LogP contribution in [0.4, 0.5) is 17.1 Å². The molecule has 0 fully saturated rings. The molecule has 0 spiro atoms. The first-order chi connectivity index (χ1) is 26.3. The average Bonchev–Trinajstić information content (AvgIpc) is 3.24. The van der Waals surface area contributed by atoms with Crippen molar-refractivity contribution in [3.8, 4) is 33.4 Å². The molecule has 0 aliphatic rings. The predicted molar refractivity (Wildman–Crippen MR) is 227 cm³/mol. The van der Waals surface area contributed by atoms with Gasteiger partial charge in [-0.25, -0.2) is 0 Å². The van der Waals surface area contributed by atoms with Crippen molar-refractivity contribution >= 4 is 60.2 Å². The Morgan fingerprint density at radius 3 is 1.32 bits per heavy atom. The largest absolute Gasteiger partial charge is 0.309 e. The summed E-state index contributed by atoms with van der Waals surface area (Å²) in [5.74, 6) is 0. The summed E-state index contributed by atoms with van der Waals surface area (Å²) in [7, 11) is 0. The van der Waals surface area contributed by atoms with Gasteiger partial charge in [-0.2, -0.15) is 0 Å². The van der Waals surface area contributed by atoms with Crippen molar-refractivity contribution in [2.75, 3.05) is 4.90 Å². The van der Waals surface area contributed by atoms with Gasteiger partial charge in [-0.1, -0.05) is 176 Å². The van der Waals surface area contributed by atoms with Crippen LogP contribution in [0.2, 0.25) is 0 Å². The van der Waals surface area contributed by atoms with E-state index in [1.807, 2.05) is 0 Å². The lowest BCUT2D eigenvalue weighted by molar-refractivity contribution is 1.30. The van der Waals surface area contributed by atoms with Crippen LogP contribution in [0.25, 0.3) is 76.5 Å². The van der Waals surface area contributed by atoms with Gasteiger partial charge in [0.15, 0.2) is 0 Å². The highest BCUT2D eigenvalue weighted by atomic mass is 15.1. The normalized spacial score (nSPS) is 11.4. The monoisotopic (exact) mass is 673 g/mol. The van der Waals surface area contributed by atoms with Crippen molar-refractivity contribution in [1.29, 1.82) is 0 Å². The Hall–Kier alpha value is -6.96. The number of nitrogens with zero attached hydrogens (tertiary/aromatic N) is 1. The van der Waals surface area contributed by atoms with Crippen molar-refractivity contribution in [3.63, 3.8) is 0 Å². The molecule has 0 radical (unpaired) electrons. The second kappa shape index (κ2) is 13.0. The van der Waals surface area contributed by atoms with E-state index < -0.39 is 0 Å². The van der Waals surface area contributed by atoms with Gasteiger partial charge in [-0.15, -0.1) is 0 Å². The molecule has 0 heterocycles. The van der Waals surface area contributed by atoms with Crippen LogP contribution in [0.3, 0.4) is 0 Å². The van der Waals surface area contributed by atoms with Gasteiger partial charge in [-0.05, 0) is 102 Å². The Labute approximate surface area is 309 Å². The number of fused-ring (bicyclic) bond motifs is 5. The Bertz CT molecular complexity index is 2960. The third kappa shape index (κ3) is 5.51. The zero-order valence-corrected chi connectivity index (χ0v) is 29.2. The fourth-order valence-corrected chi connectivity index (χ4v) is 8.05. The van der Waals surface area contributed by atoms with Crippen LogP contribution in [-0.2, 0) is 0 Å². The molecule has 0 N–H and O–H groups in total. The molecule has 0 aromatic heterocycles. The molecule has 10 rings (SSSR count). The summed E-state index contributed by atoms with van der Waals surface area (Å²) in [6.45, 7) is 0. The Morgan fingerprint density at radius 1 is 0.245 bits per heavy atom. The van der Waals surface area contributed by atoms with E-state index in [9.17, 15) is 0 Å². The van der Waals surface area contributed by atoms with Gasteiger partial charge < -0.3 is 4.90 Å². The lowest BCUT2D eigenvalue weighted by atomic mass is 9.89. The van der Waals surface area contributed by atoms with E-state index in [4.69, 9.17) is 0 Å². The highest BCUT2D eigenvalue weighted by Gasteiger charge is 2.24. The molecule has 0 saturated heterocycles. The fourth-order valence-electron chi connectivity index (χ4n) is 8.05. The van der Waals surface area contributed by atoms with Crippen LogP contribution in [0.15, 0.2) is 212 Å². The van der Waals surface area contributed by atoms with Crippen molar-refractivity contribution in [2.24, 2.45) is 0 Å². The van der Waals surface area contributed by atoms with E-state index in [0.29, 0.717) is 0 Å². The Balaban J connectivity index is 1.30. The third-order valence-corrected chi connectivity index (χ3v) is 10.6. The van der Waals surface area contributed by atoms with Crippen LogP contribution in [0.1, 0.15) is 0 Å². The van der Waals surface area contributed by atoms with Crippen LogP contribution < -0.4 is 4.90 Å². The van der Waals surface area contributed by atoms with Gasteiger partial charge in [0.1, 0.15) is 0 Å². The summed E-state index contributed by atoms with van der Waals surface area (Å²) in [6.07, 6.45) is 0. The second-order valence-corrected chi connectivity index (χ2v) is 13.7. The first kappa shape index (κ1) is 30.8. The van der Waals surface area contributed by atoms with Gasteiger partial charge in [0.2, 0.25) is 0 Å². The van der Waals surface area contributed by atoms with E-state index >= 15 is 0 Å². The minimum Gasteiger partial charge on any atom is -0.309 e. The molecular formula is C52H35N. The fraction of sp³-hybridized carbons (Fsp3) is 0. The second-order valence-electron chi connectivity index (χ2n) is 13.7. The van der Waals surface area contributed by atoms with Crippen LogP contribution in [0.5, 0.6) is 0 Å². The van der Waals surface area contributed by atoms with Crippen LogP contribution in [-0.4, -0.2) is 0 Å². The number of benzene rings is 10. The molecule has 0 amide bonds. The van der Waals surface area contributed by atoms with Gasteiger partial charge in [0.05, 0.1) is 5.69 Å². The minimum atomic E-state index is 1.10. The molecule has 1 nitrogen and oxygen atoms in total. The Kier molecular flexibility index (Phi) is 7.55. The van der Waals surface area contributed by atoms with Gasteiger partial charge in [0.25, 0.3) is 0 Å². The zero-order chi connectivity index (χ0) is 35.1. The first-order valence-corrected chi connectivity index (χ1v) is 18.3. The lowest BCUT2D eigenvalue weighted by Crippen LogP contribution is -2.12. The minimum absolute atomic E-state index is 1.10. The summed E-state index contributed by atoms with van der Waals surface area (Å²) in [5.41, 5.74) is 10.5. The maximum absolute atomic E-state index is 2.50. The van der Waals surface area contributed by atoms with Crippen molar-refractivity contribution in [2.45, 2.75) is 0 Å². The molecule has 53 heavy (non-hydrogen) atoms. The van der Waals surface area contributed by atoms with Crippen molar-refractivity contribution in [3.05, 3.63) is 212 Å².